The van der Waals surface area contributed by atoms with E-state index in [0.29, 0.717) is 48.5 Å². The molecule has 9 heteroatoms. The number of pyridine rings is 2. The molecule has 2 aliphatic rings. The normalized spacial score (nSPS) is 19.0. The van der Waals surface area contributed by atoms with E-state index < -0.39 is 0 Å². The van der Waals surface area contributed by atoms with Crippen LogP contribution in [0.4, 0.5) is 0 Å². The van der Waals surface area contributed by atoms with E-state index in [0.717, 1.165) is 35.7 Å². The number of carbonyl (C=O) groups is 1. The van der Waals surface area contributed by atoms with Crippen LogP contribution in [-0.2, 0) is 4.74 Å². The van der Waals surface area contributed by atoms with Crippen LogP contribution in [0.1, 0.15) is 41.2 Å². The Bertz CT molecular complexity index is 1460. The molecule has 2 aliphatic heterocycles. The van der Waals surface area contributed by atoms with E-state index in [4.69, 9.17) is 9.47 Å². The Balaban J connectivity index is 1.35. The van der Waals surface area contributed by atoms with E-state index in [2.05, 4.69) is 15.1 Å². The largest absolute Gasteiger partial charge is 0.487 e. The van der Waals surface area contributed by atoms with E-state index in [1.807, 2.05) is 40.8 Å². The first-order valence-corrected chi connectivity index (χ1v) is 12.1. The molecule has 1 unspecified atom stereocenters. The quantitative estimate of drug-likeness (QED) is 0.488. The summed E-state index contributed by atoms with van der Waals surface area (Å²) >= 11 is 0. The summed E-state index contributed by atoms with van der Waals surface area (Å²) in [6.07, 6.45) is 7.40. The third-order valence-corrected chi connectivity index (χ3v) is 7.04. The molecule has 9 nitrogen and oxygen atoms in total. The predicted molar refractivity (Wildman–Crippen MR) is 131 cm³/mol. The summed E-state index contributed by atoms with van der Waals surface area (Å²) in [6.45, 7) is 4.40. The number of amides is 1. The molecule has 0 radical (unpaired) electrons. The zero-order valence-corrected chi connectivity index (χ0v) is 19.6. The summed E-state index contributed by atoms with van der Waals surface area (Å²) in [5.41, 5.74) is 2.78. The maximum atomic E-state index is 13.6. The maximum Gasteiger partial charge on any atom is 0.259 e. The van der Waals surface area contributed by atoms with Crippen molar-refractivity contribution in [2.24, 2.45) is 0 Å². The van der Waals surface area contributed by atoms with Crippen LogP contribution in [0, 0.1) is 6.92 Å². The maximum absolute atomic E-state index is 13.6. The van der Waals surface area contributed by atoms with Crippen LogP contribution in [0.5, 0.6) is 5.75 Å². The fourth-order valence-electron chi connectivity index (χ4n) is 5.22. The van der Waals surface area contributed by atoms with E-state index >= 15 is 0 Å². The highest BCUT2D eigenvalue weighted by molar-refractivity contribution is 6.07. The molecule has 1 aromatic carbocycles. The zero-order chi connectivity index (χ0) is 23.9. The molecule has 1 atom stereocenters. The van der Waals surface area contributed by atoms with Gasteiger partial charge in [-0.1, -0.05) is 0 Å². The Hall–Kier alpha value is -3.72. The topological polar surface area (TPSA) is 102 Å². The highest BCUT2D eigenvalue weighted by atomic mass is 16.5. The van der Waals surface area contributed by atoms with Crippen LogP contribution < -0.4 is 10.3 Å². The minimum atomic E-state index is -0.167. The summed E-state index contributed by atoms with van der Waals surface area (Å²) in [7, 11) is 0. The van der Waals surface area contributed by atoms with Crippen molar-refractivity contribution in [3.63, 3.8) is 0 Å². The number of nitrogens with one attached hydrogen (secondary N) is 1. The third kappa shape index (κ3) is 3.95. The fraction of sp³-hybridized carbons (Fsp3) is 0.385. The summed E-state index contributed by atoms with van der Waals surface area (Å²) < 4.78 is 13.5. The molecule has 180 valence electrons. The van der Waals surface area contributed by atoms with Gasteiger partial charge in [-0.25, -0.2) is 0 Å². The number of hydrogen-bond acceptors (Lipinski definition) is 6. The molecule has 1 amide bonds. The molecule has 4 aromatic rings. The SMILES string of the molecule is Cc1cc2[nH]c(=O)c3cnn(C4CCOCC4)c3c2cc1C(=O)N1CCC(Oc2cccnc2)C1. The van der Waals surface area contributed by atoms with Gasteiger partial charge in [-0.3, -0.25) is 19.3 Å². The van der Waals surface area contributed by atoms with Gasteiger partial charge in [0.1, 0.15) is 11.9 Å². The number of ether oxygens (including phenoxy) is 2. The Labute approximate surface area is 201 Å². The fourth-order valence-corrected chi connectivity index (χ4v) is 5.22. The van der Waals surface area contributed by atoms with Crippen LogP contribution in [0.25, 0.3) is 21.8 Å². The first kappa shape index (κ1) is 21.8. The van der Waals surface area contributed by atoms with Gasteiger partial charge in [-0.2, -0.15) is 5.10 Å². The average molecular weight is 474 g/mol. The second-order valence-electron chi connectivity index (χ2n) is 9.33. The number of fused-ring (bicyclic) bond motifs is 3. The van der Waals surface area contributed by atoms with Crippen molar-refractivity contribution < 1.29 is 14.3 Å². The van der Waals surface area contributed by atoms with Crippen LogP contribution >= 0.6 is 0 Å². The summed E-state index contributed by atoms with van der Waals surface area (Å²) in [6, 6.07) is 7.68. The molecule has 0 spiro atoms. The number of rotatable bonds is 4. The van der Waals surface area contributed by atoms with E-state index in [9.17, 15) is 9.59 Å². The summed E-state index contributed by atoms with van der Waals surface area (Å²) in [5, 5.41) is 5.95. The molecular formula is C26H27N5O4. The van der Waals surface area contributed by atoms with Gasteiger partial charge in [0.25, 0.3) is 11.5 Å². The number of benzene rings is 1. The molecule has 0 aliphatic carbocycles. The number of aromatic nitrogens is 4. The van der Waals surface area contributed by atoms with Gasteiger partial charge in [-0.05, 0) is 49.6 Å². The van der Waals surface area contributed by atoms with Crippen molar-refractivity contribution in [2.45, 2.75) is 38.3 Å². The van der Waals surface area contributed by atoms with Crippen LogP contribution in [0.2, 0.25) is 0 Å². The Morgan fingerprint density at radius 1 is 1.17 bits per heavy atom. The second-order valence-corrected chi connectivity index (χ2v) is 9.33. The van der Waals surface area contributed by atoms with Crippen molar-refractivity contribution in [2.75, 3.05) is 26.3 Å². The lowest BCUT2D eigenvalue weighted by molar-refractivity contribution is 0.0675. The average Bonchev–Trinajstić information content (AvgIpc) is 3.53. The van der Waals surface area contributed by atoms with Crippen molar-refractivity contribution in [1.82, 2.24) is 24.6 Å². The molecule has 35 heavy (non-hydrogen) atoms. The summed E-state index contributed by atoms with van der Waals surface area (Å²) in [5.74, 6) is 0.680. The van der Waals surface area contributed by atoms with Crippen LogP contribution in [-0.4, -0.2) is 63.0 Å². The Morgan fingerprint density at radius 2 is 2.03 bits per heavy atom. The van der Waals surface area contributed by atoms with Crippen molar-refractivity contribution in [1.29, 1.82) is 0 Å². The number of hydrogen-bond donors (Lipinski definition) is 1. The number of aromatic amines is 1. The smallest absolute Gasteiger partial charge is 0.259 e. The van der Waals surface area contributed by atoms with Crippen molar-refractivity contribution >= 4 is 27.7 Å². The monoisotopic (exact) mass is 473 g/mol. The van der Waals surface area contributed by atoms with Crippen LogP contribution in [0.15, 0.2) is 47.7 Å². The molecular weight excluding hydrogens is 446 g/mol. The van der Waals surface area contributed by atoms with Gasteiger partial charge in [0, 0.05) is 43.3 Å². The van der Waals surface area contributed by atoms with Gasteiger partial charge in [0.15, 0.2) is 0 Å². The van der Waals surface area contributed by atoms with E-state index in [1.54, 1.807) is 18.6 Å². The molecule has 2 saturated heterocycles. The minimum Gasteiger partial charge on any atom is -0.487 e. The van der Waals surface area contributed by atoms with Gasteiger partial charge < -0.3 is 19.4 Å². The van der Waals surface area contributed by atoms with Crippen LogP contribution in [0.3, 0.4) is 0 Å². The number of H-pyrrole nitrogens is 1. The second kappa shape index (κ2) is 8.81. The number of likely N-dealkylation sites (tertiary alicyclic amines) is 1. The molecule has 2 fully saturated rings. The lowest BCUT2D eigenvalue weighted by Crippen LogP contribution is -2.31. The van der Waals surface area contributed by atoms with Crippen molar-refractivity contribution in [3.8, 4) is 5.75 Å². The van der Waals surface area contributed by atoms with E-state index in [-0.39, 0.29) is 23.6 Å². The predicted octanol–water partition coefficient (Wildman–Crippen LogP) is 3.23. The Kier molecular flexibility index (Phi) is 5.49. The van der Waals surface area contributed by atoms with Gasteiger partial charge in [0.2, 0.25) is 0 Å². The number of carbonyl (C=O) groups excluding carboxylic acids is 1. The molecule has 0 saturated carbocycles. The van der Waals surface area contributed by atoms with E-state index in [1.165, 1.54) is 0 Å². The van der Waals surface area contributed by atoms with Gasteiger partial charge in [0.05, 0.1) is 41.4 Å². The first-order valence-electron chi connectivity index (χ1n) is 12.1. The lowest BCUT2D eigenvalue weighted by Gasteiger charge is -2.23. The third-order valence-electron chi connectivity index (χ3n) is 7.04. The number of aryl methyl sites for hydroxylation is 1. The molecule has 3 aromatic heterocycles. The first-order chi connectivity index (χ1) is 17.1. The molecule has 6 rings (SSSR count). The highest BCUT2D eigenvalue weighted by Gasteiger charge is 2.30. The van der Waals surface area contributed by atoms with Gasteiger partial charge in [-0.15, -0.1) is 0 Å². The minimum absolute atomic E-state index is 0.0295. The Morgan fingerprint density at radius 3 is 2.83 bits per heavy atom. The molecule has 1 N–H and O–H groups in total. The molecule has 5 heterocycles. The number of nitrogens with zero attached hydrogens (tertiary/aromatic N) is 4. The van der Waals surface area contributed by atoms with Gasteiger partial charge >= 0.3 is 0 Å². The molecule has 0 bridgehead atoms. The lowest BCUT2D eigenvalue weighted by atomic mass is 10.0. The standard InChI is InChI=1S/C26H27N5O4/c1-16-11-23-21(24-22(25(32)29-23)14-28-31(24)17-5-9-34-10-6-17)12-20(16)26(33)30-8-4-19(15-30)35-18-3-2-7-27-13-18/h2-3,7,11-14,17,19H,4-6,8-10,15H2,1H3,(H,29,32). The summed E-state index contributed by atoms with van der Waals surface area (Å²) in [4.78, 5) is 35.3. The van der Waals surface area contributed by atoms with Crippen molar-refractivity contribution in [3.05, 3.63) is 64.3 Å². The zero-order valence-electron chi connectivity index (χ0n) is 19.6. The highest BCUT2D eigenvalue weighted by Crippen LogP contribution is 2.30.